The van der Waals surface area contributed by atoms with Gasteiger partial charge in [0.15, 0.2) is 0 Å². The minimum absolute atomic E-state index is 1.11. The number of hydrogen-bond acceptors (Lipinski definition) is 2. The number of carbonyl (C=O) groups is 1. The molecule has 0 rings (SSSR count). The Hall–Kier alpha value is -0.570. The van der Waals surface area contributed by atoms with Crippen LogP contribution in [0.15, 0.2) is 0 Å². The van der Waals surface area contributed by atoms with Gasteiger partial charge in [-0.05, 0) is 6.92 Å². The second kappa shape index (κ2) is 1.77. The van der Waals surface area contributed by atoms with E-state index in [9.17, 15) is 4.79 Å². The van der Waals surface area contributed by atoms with Crippen molar-refractivity contribution in [2.45, 2.75) is 12.9 Å². The molecule has 3 N–H and O–H groups in total. The van der Waals surface area contributed by atoms with Gasteiger partial charge in [-0.15, -0.1) is 0 Å². The Balaban J connectivity index is 3.79. The smallest absolute Gasteiger partial charge is 0.320 e. The summed E-state index contributed by atoms with van der Waals surface area (Å²) < 4.78 is 6.56. The van der Waals surface area contributed by atoms with Gasteiger partial charge < -0.3 is 10.8 Å². The van der Waals surface area contributed by atoms with Crippen molar-refractivity contribution >= 4 is 5.97 Å². The van der Waals surface area contributed by atoms with Gasteiger partial charge in [-0.3, -0.25) is 4.79 Å². The molecule has 3 heteroatoms. The van der Waals surface area contributed by atoms with E-state index in [1.165, 1.54) is 0 Å². The molecular weight excluding hydrogens is 83.0 g/mol. The third kappa shape index (κ3) is 1.72. The Morgan fingerprint density at radius 2 is 2.50 bits per heavy atom. The zero-order valence-corrected chi connectivity index (χ0v) is 3.43. The lowest BCUT2D eigenvalue weighted by atomic mass is 10.5. The summed E-state index contributed by atoms with van der Waals surface area (Å²) in [6, 6.07) is -1.83. The lowest BCUT2D eigenvalue weighted by molar-refractivity contribution is -0.138. The van der Waals surface area contributed by atoms with Crippen molar-refractivity contribution in [3.8, 4) is 0 Å². The Morgan fingerprint density at radius 3 is 2.50 bits per heavy atom. The zero-order valence-electron chi connectivity index (χ0n) is 4.43. The van der Waals surface area contributed by atoms with E-state index >= 15 is 0 Å². The van der Waals surface area contributed by atoms with Crippen molar-refractivity contribution in [1.82, 2.24) is 0 Å². The first-order valence-corrected chi connectivity index (χ1v) is 1.47. The van der Waals surface area contributed by atoms with Crippen molar-refractivity contribution in [3.05, 3.63) is 0 Å². The van der Waals surface area contributed by atoms with Gasteiger partial charge >= 0.3 is 5.97 Å². The Labute approximate surface area is 37.2 Å². The fraction of sp³-hybridized carbons (Fsp3) is 0.667. The monoisotopic (exact) mass is 91.1 g/mol. The average molecular weight is 91.1 g/mol. The summed E-state index contributed by atoms with van der Waals surface area (Å²) in [4.78, 5) is 9.71. The lowest BCUT2D eigenvalue weighted by Crippen LogP contribution is -2.25. The van der Waals surface area contributed by atoms with Crippen LogP contribution in [0.3, 0.4) is 0 Å². The molecule has 0 aliphatic carbocycles. The molecule has 0 radical (unpaired) electrons. The highest BCUT2D eigenvalue weighted by Gasteiger charge is 1.99. The van der Waals surface area contributed by atoms with E-state index in [0.29, 0.717) is 0 Å². The van der Waals surface area contributed by atoms with E-state index < -0.39 is 12.0 Å². The maximum atomic E-state index is 9.71. The number of carboxylic acids is 1. The van der Waals surface area contributed by atoms with Crippen LogP contribution in [0.2, 0.25) is 0 Å². The molecule has 0 spiro atoms. The Bertz CT molecular complexity index is 85.4. The minimum atomic E-state index is -1.83. The summed E-state index contributed by atoms with van der Waals surface area (Å²) in [5, 5.41) is 7.94. The highest BCUT2D eigenvalue weighted by molar-refractivity contribution is 5.72. The number of aliphatic carboxylic acids is 1. The zero-order chi connectivity index (χ0) is 6.08. The van der Waals surface area contributed by atoms with Crippen LogP contribution < -0.4 is 5.73 Å². The van der Waals surface area contributed by atoms with Gasteiger partial charge in [0.25, 0.3) is 0 Å². The van der Waals surface area contributed by atoms with E-state index in [-0.39, 0.29) is 0 Å². The molecule has 0 aromatic heterocycles. The number of carboxylic acid groups (broad SMARTS) is 1. The molecule has 3 nitrogen and oxygen atoms in total. The molecule has 0 heterocycles. The molecule has 0 aliphatic heterocycles. The van der Waals surface area contributed by atoms with Crippen LogP contribution in [0.5, 0.6) is 0 Å². The van der Waals surface area contributed by atoms with Crippen LogP contribution in [0.25, 0.3) is 0 Å². The van der Waals surface area contributed by atoms with Crippen molar-refractivity contribution in [1.29, 1.82) is 0 Å². The summed E-state index contributed by atoms with van der Waals surface area (Å²) in [5.41, 5.74) is 4.75. The van der Waals surface area contributed by atoms with Gasteiger partial charge in [0, 0.05) is 0 Å². The van der Waals surface area contributed by atoms with Crippen molar-refractivity contribution in [2.24, 2.45) is 5.73 Å². The molecule has 1 atom stereocenters. The summed E-state index contributed by atoms with van der Waals surface area (Å²) in [5.74, 6) is -1.31. The highest BCUT2D eigenvalue weighted by atomic mass is 16.4. The van der Waals surface area contributed by atoms with Crippen LogP contribution in [0, 0.1) is 0 Å². The molecule has 0 amide bonds. The number of rotatable bonds is 1. The first-order valence-electron chi connectivity index (χ1n) is 1.97. The van der Waals surface area contributed by atoms with E-state index in [1.54, 1.807) is 0 Å². The molecule has 36 valence electrons. The third-order valence-corrected chi connectivity index (χ3v) is 0.337. The molecule has 0 aromatic carbocycles. The van der Waals surface area contributed by atoms with Crippen LogP contribution in [0.4, 0.5) is 0 Å². The van der Waals surface area contributed by atoms with Crippen molar-refractivity contribution < 1.29 is 11.3 Å². The fourth-order valence-electron chi connectivity index (χ4n) is 0. The standard InChI is InChI=1S/C3H7NO2/c1-2(4)3(5)6/h2H,4H2,1H3,(H,5,6)/t2-/m0/s1/i1+1,2D. The summed E-state index contributed by atoms with van der Waals surface area (Å²) >= 11 is 0. The minimum Gasteiger partial charge on any atom is -0.480 e. The summed E-state index contributed by atoms with van der Waals surface area (Å²) in [7, 11) is 0. The van der Waals surface area contributed by atoms with Gasteiger partial charge in [-0.1, -0.05) is 0 Å². The molecular formula is C3H7NO2. The molecule has 0 unspecified atom stereocenters. The van der Waals surface area contributed by atoms with E-state index in [4.69, 9.17) is 12.2 Å². The van der Waals surface area contributed by atoms with Gasteiger partial charge in [-0.2, -0.15) is 0 Å². The van der Waals surface area contributed by atoms with Crippen LogP contribution in [-0.2, 0) is 4.79 Å². The van der Waals surface area contributed by atoms with Crippen LogP contribution in [0.1, 0.15) is 8.29 Å². The maximum Gasteiger partial charge on any atom is 0.320 e. The van der Waals surface area contributed by atoms with Crippen molar-refractivity contribution in [2.75, 3.05) is 0 Å². The average Bonchev–Trinajstić information content (AvgIpc) is 1.31. The van der Waals surface area contributed by atoms with Gasteiger partial charge in [0.2, 0.25) is 0 Å². The normalized spacial score (nSPS) is 21.3. The summed E-state index contributed by atoms with van der Waals surface area (Å²) in [6.07, 6.45) is 0. The molecule has 0 saturated carbocycles. The van der Waals surface area contributed by atoms with Gasteiger partial charge in [-0.25, -0.2) is 0 Å². The second-order valence-corrected chi connectivity index (χ2v) is 0.988. The molecule has 0 aliphatic rings. The van der Waals surface area contributed by atoms with E-state index in [2.05, 4.69) is 0 Å². The SMILES string of the molecule is [2H][C@@]([13CH3])(N)C(=O)O. The number of nitrogens with two attached hydrogens (primary N) is 1. The van der Waals surface area contributed by atoms with Crippen LogP contribution in [-0.4, -0.2) is 17.1 Å². The predicted molar refractivity (Wildman–Crippen MR) is 21.3 cm³/mol. The molecule has 0 bridgehead atoms. The Kier molecular flexibility index (Phi) is 1.06. The fourth-order valence-corrected chi connectivity index (χ4v) is 0. The summed E-state index contributed by atoms with van der Waals surface area (Å²) in [6.45, 7) is 1.11. The van der Waals surface area contributed by atoms with E-state index in [0.717, 1.165) is 6.92 Å². The van der Waals surface area contributed by atoms with Crippen LogP contribution >= 0.6 is 0 Å². The molecule has 6 heavy (non-hydrogen) atoms. The second-order valence-electron chi connectivity index (χ2n) is 0.988. The molecule has 0 fully saturated rings. The predicted octanol–water partition coefficient (Wildman–Crippen LogP) is -0.582. The quantitative estimate of drug-likeness (QED) is 0.424. The third-order valence-electron chi connectivity index (χ3n) is 0.337. The largest absolute Gasteiger partial charge is 0.480 e. The maximum absolute atomic E-state index is 9.71. The topological polar surface area (TPSA) is 63.3 Å². The highest BCUT2D eigenvalue weighted by Crippen LogP contribution is 1.68. The van der Waals surface area contributed by atoms with Gasteiger partial charge in [0.1, 0.15) is 6.02 Å². The lowest BCUT2D eigenvalue weighted by Gasteiger charge is -1.90. The van der Waals surface area contributed by atoms with Crippen molar-refractivity contribution in [3.63, 3.8) is 0 Å². The van der Waals surface area contributed by atoms with E-state index in [1.807, 2.05) is 0 Å². The van der Waals surface area contributed by atoms with Gasteiger partial charge in [0.05, 0.1) is 1.37 Å². The molecule has 0 saturated heterocycles. The Morgan fingerprint density at radius 1 is 2.33 bits per heavy atom. The first-order chi connectivity index (χ1) is 2.94. The number of hydrogen-bond donors (Lipinski definition) is 2. The molecule has 0 aromatic rings. The first kappa shape index (κ1) is 3.61.